The predicted octanol–water partition coefficient (Wildman–Crippen LogP) is 7.27. The van der Waals surface area contributed by atoms with Crippen molar-refractivity contribution in [2.75, 3.05) is 0 Å². The molecule has 0 aliphatic carbocycles. The highest BCUT2D eigenvalue weighted by molar-refractivity contribution is 6.19. The molecule has 6 aromatic heterocycles. The minimum Gasteiger partial charge on any atom is -0.439 e. The number of benzene rings is 3. The quantitative estimate of drug-likeness (QED) is 0.239. The third-order valence-electron chi connectivity index (χ3n) is 7.61. The summed E-state index contributed by atoms with van der Waals surface area (Å²) in [7, 11) is 0. The fourth-order valence-corrected chi connectivity index (χ4v) is 5.84. The lowest BCUT2D eigenvalue weighted by Crippen LogP contribution is -2.10. The molecule has 9 aromatic rings. The van der Waals surface area contributed by atoms with Crippen LogP contribution >= 0.6 is 0 Å². The summed E-state index contributed by atoms with van der Waals surface area (Å²) in [6.07, 6.45) is 7.17. The van der Waals surface area contributed by atoms with Gasteiger partial charge in [-0.2, -0.15) is 15.0 Å². The number of rotatable bonds is 3. The van der Waals surface area contributed by atoms with Gasteiger partial charge in [0.15, 0.2) is 5.82 Å². The van der Waals surface area contributed by atoms with Gasteiger partial charge in [-0.25, -0.2) is 4.57 Å². The fourth-order valence-electron chi connectivity index (χ4n) is 5.84. The molecule has 0 N–H and O–H groups in total. The number of hydrogen-bond donors (Lipinski definition) is 0. The highest BCUT2D eigenvalue weighted by atomic mass is 16.3. The van der Waals surface area contributed by atoms with E-state index < -0.39 is 0 Å². The van der Waals surface area contributed by atoms with Gasteiger partial charge in [0, 0.05) is 45.7 Å². The Labute approximate surface area is 232 Å². The maximum absolute atomic E-state index is 6.43. The van der Waals surface area contributed by atoms with Crippen molar-refractivity contribution in [2.24, 2.45) is 0 Å². The number of hydrogen-bond acceptors (Lipinski definition) is 6. The van der Waals surface area contributed by atoms with Gasteiger partial charge in [0.05, 0.1) is 28.1 Å². The van der Waals surface area contributed by atoms with Crippen LogP contribution in [0.25, 0.3) is 78.1 Å². The molecule has 0 saturated carbocycles. The van der Waals surface area contributed by atoms with Crippen LogP contribution in [0.4, 0.5) is 0 Å². The molecule has 0 fully saturated rings. The smallest absolute Gasteiger partial charge is 0.242 e. The van der Waals surface area contributed by atoms with Crippen LogP contribution in [-0.4, -0.2) is 34.1 Å². The van der Waals surface area contributed by atoms with Crippen molar-refractivity contribution in [2.45, 2.75) is 0 Å². The molecule has 0 atom stereocenters. The van der Waals surface area contributed by atoms with Crippen LogP contribution in [0, 0.1) is 0 Å². The Morgan fingerprint density at radius 1 is 0.512 bits per heavy atom. The fraction of sp³-hybridized carbons (Fsp3) is 0. The van der Waals surface area contributed by atoms with Gasteiger partial charge in [-0.1, -0.05) is 66.7 Å². The molecule has 3 aromatic carbocycles. The summed E-state index contributed by atoms with van der Waals surface area (Å²) in [5.41, 5.74) is 5.14. The molecule has 6 heterocycles. The summed E-state index contributed by atoms with van der Waals surface area (Å²) >= 11 is 0. The summed E-state index contributed by atoms with van der Waals surface area (Å²) < 4.78 is 10.5. The van der Waals surface area contributed by atoms with Crippen LogP contribution in [0.2, 0.25) is 0 Å². The summed E-state index contributed by atoms with van der Waals surface area (Å²) in [5.74, 6) is 1.52. The van der Waals surface area contributed by atoms with Gasteiger partial charge >= 0.3 is 0 Å². The van der Waals surface area contributed by atoms with Crippen molar-refractivity contribution >= 4 is 54.8 Å². The van der Waals surface area contributed by atoms with Crippen molar-refractivity contribution in [1.29, 1.82) is 0 Å². The molecule has 0 amide bonds. The number of aromatic nitrogens is 7. The third-order valence-corrected chi connectivity index (χ3v) is 7.61. The minimum atomic E-state index is 0.440. The molecule has 0 unspecified atom stereocenters. The van der Waals surface area contributed by atoms with E-state index in [-0.39, 0.29) is 0 Å². The van der Waals surface area contributed by atoms with Crippen molar-refractivity contribution in [3.8, 4) is 23.3 Å². The van der Waals surface area contributed by atoms with E-state index in [0.29, 0.717) is 23.4 Å². The second-order valence-electron chi connectivity index (χ2n) is 9.88. The SMILES string of the molecule is c1ccc(-c2nc(-n3c4ccccc4c4ccccc43)nc(-n3c4cnccc4c4c5cnccc5oc43)n2)cc1. The zero-order chi connectivity index (χ0) is 26.9. The summed E-state index contributed by atoms with van der Waals surface area (Å²) in [6, 6.07) is 30.5. The Hall–Kier alpha value is -5.89. The van der Waals surface area contributed by atoms with Gasteiger partial charge in [0.1, 0.15) is 5.58 Å². The molecule has 0 aliphatic rings. The van der Waals surface area contributed by atoms with Crippen LogP contribution < -0.4 is 0 Å². The van der Waals surface area contributed by atoms with E-state index in [0.717, 1.165) is 54.6 Å². The second-order valence-corrected chi connectivity index (χ2v) is 9.88. The summed E-state index contributed by atoms with van der Waals surface area (Å²) in [6.45, 7) is 0. The molecule has 0 radical (unpaired) electrons. The first-order chi connectivity index (χ1) is 20.3. The number of furan rings is 1. The Kier molecular flexibility index (Phi) is 4.45. The standard InChI is InChI=1S/C33H19N7O/c1-2-8-20(9-3-1)30-36-32(39-25-12-6-4-10-21(25)22-11-5-7-13-26(22)39)38-33(37-30)40-27-19-35-16-14-23(27)29-24-18-34-17-15-28(24)41-31(29)40/h1-19H. The predicted molar refractivity (Wildman–Crippen MR) is 159 cm³/mol. The monoisotopic (exact) mass is 529 g/mol. The van der Waals surface area contributed by atoms with Gasteiger partial charge in [0.25, 0.3) is 0 Å². The minimum absolute atomic E-state index is 0.440. The van der Waals surface area contributed by atoms with Crippen LogP contribution in [-0.2, 0) is 0 Å². The molecular weight excluding hydrogens is 510 g/mol. The number of para-hydroxylation sites is 2. The number of nitrogens with zero attached hydrogens (tertiary/aromatic N) is 7. The lowest BCUT2D eigenvalue weighted by Gasteiger charge is -2.11. The molecule has 8 heteroatoms. The van der Waals surface area contributed by atoms with Gasteiger partial charge in [-0.3, -0.25) is 14.5 Å². The highest BCUT2D eigenvalue weighted by Gasteiger charge is 2.23. The lowest BCUT2D eigenvalue weighted by atomic mass is 10.2. The normalized spacial score (nSPS) is 11.9. The summed E-state index contributed by atoms with van der Waals surface area (Å²) in [5, 5.41) is 5.13. The van der Waals surface area contributed by atoms with Gasteiger partial charge in [-0.05, 0) is 24.3 Å². The van der Waals surface area contributed by atoms with E-state index in [9.17, 15) is 0 Å². The van der Waals surface area contributed by atoms with Gasteiger partial charge < -0.3 is 4.42 Å². The van der Waals surface area contributed by atoms with Crippen molar-refractivity contribution in [3.05, 3.63) is 116 Å². The first kappa shape index (κ1) is 22.0. The Morgan fingerprint density at radius 3 is 1.95 bits per heavy atom. The molecule has 0 saturated heterocycles. The van der Waals surface area contributed by atoms with Crippen LogP contribution in [0.3, 0.4) is 0 Å². The Morgan fingerprint density at radius 2 is 1.17 bits per heavy atom. The summed E-state index contributed by atoms with van der Waals surface area (Å²) in [4.78, 5) is 23.9. The van der Waals surface area contributed by atoms with Crippen molar-refractivity contribution in [3.63, 3.8) is 0 Å². The third kappa shape index (κ3) is 3.12. The van der Waals surface area contributed by atoms with Gasteiger partial charge in [0.2, 0.25) is 17.6 Å². The second kappa shape index (κ2) is 8.30. The first-order valence-electron chi connectivity index (χ1n) is 13.3. The number of pyridine rings is 2. The lowest BCUT2D eigenvalue weighted by molar-refractivity contribution is 0.640. The highest BCUT2D eigenvalue weighted by Crippen LogP contribution is 2.38. The maximum atomic E-state index is 6.43. The Balaban J connectivity index is 1.43. The molecule has 192 valence electrons. The zero-order valence-electron chi connectivity index (χ0n) is 21.5. The first-order valence-corrected chi connectivity index (χ1v) is 13.3. The molecule has 0 spiro atoms. The molecule has 41 heavy (non-hydrogen) atoms. The molecule has 9 rings (SSSR count). The Bertz CT molecular complexity index is 2380. The molecule has 8 nitrogen and oxygen atoms in total. The molecule has 0 aliphatic heterocycles. The maximum Gasteiger partial charge on any atom is 0.242 e. The molecular formula is C33H19N7O. The average molecular weight is 530 g/mol. The van der Waals surface area contributed by atoms with Crippen LogP contribution in [0.5, 0.6) is 0 Å². The van der Waals surface area contributed by atoms with Crippen molar-refractivity contribution < 1.29 is 4.42 Å². The van der Waals surface area contributed by atoms with Crippen LogP contribution in [0.1, 0.15) is 0 Å². The van der Waals surface area contributed by atoms with E-state index in [1.165, 1.54) is 0 Å². The topological polar surface area (TPSA) is 87.5 Å². The van der Waals surface area contributed by atoms with Crippen LogP contribution in [0.15, 0.2) is 120 Å². The van der Waals surface area contributed by atoms with E-state index in [1.54, 1.807) is 12.4 Å². The van der Waals surface area contributed by atoms with E-state index in [2.05, 4.69) is 50.9 Å². The number of fused-ring (bicyclic) bond motifs is 8. The van der Waals surface area contributed by atoms with E-state index >= 15 is 0 Å². The van der Waals surface area contributed by atoms with E-state index in [1.807, 2.05) is 71.6 Å². The largest absolute Gasteiger partial charge is 0.439 e. The molecule has 0 bridgehead atoms. The zero-order valence-corrected chi connectivity index (χ0v) is 21.5. The van der Waals surface area contributed by atoms with Gasteiger partial charge in [-0.15, -0.1) is 0 Å². The average Bonchev–Trinajstić information content (AvgIpc) is 3.68. The van der Waals surface area contributed by atoms with Crippen molar-refractivity contribution in [1.82, 2.24) is 34.1 Å². The van der Waals surface area contributed by atoms with E-state index in [4.69, 9.17) is 19.4 Å².